The van der Waals surface area contributed by atoms with Gasteiger partial charge in [-0.25, -0.2) is 4.98 Å². The van der Waals surface area contributed by atoms with Crippen LogP contribution >= 0.6 is 0 Å². The summed E-state index contributed by atoms with van der Waals surface area (Å²) in [6, 6.07) is 0.225. The van der Waals surface area contributed by atoms with E-state index in [9.17, 15) is 9.90 Å². The molecule has 1 amide bonds. The van der Waals surface area contributed by atoms with E-state index in [1.165, 1.54) is 0 Å². The Morgan fingerprint density at radius 1 is 1.33 bits per heavy atom. The molecule has 0 aromatic carbocycles. The average Bonchev–Trinajstić information content (AvgIpc) is 3.17. The van der Waals surface area contributed by atoms with Gasteiger partial charge in [0.05, 0.1) is 17.8 Å². The van der Waals surface area contributed by atoms with Crippen LogP contribution in [0.2, 0.25) is 0 Å². The predicted molar refractivity (Wildman–Crippen MR) is 90.1 cm³/mol. The molecule has 1 saturated heterocycles. The fourth-order valence-electron chi connectivity index (χ4n) is 4.39. The Bertz CT molecular complexity index is 558. The molecule has 0 spiro atoms. The first-order valence-electron chi connectivity index (χ1n) is 9.32. The first kappa shape index (κ1) is 16.1. The number of aliphatic hydroxyl groups is 1. The number of hydrogen-bond acceptors (Lipinski definition) is 4. The lowest BCUT2D eigenvalue weighted by Gasteiger charge is -2.43. The standard InChI is InChI=1S/C18H28N4O2/c23-15-9-14(10-15)16(13-1-5-19-6-2-13)21-17(24)18(3-4-18)11-22-8-7-20-12-22/h7-8,12-16,19,23H,1-6,9-11H2,(H,21,24). The summed E-state index contributed by atoms with van der Waals surface area (Å²) in [5, 5.41) is 16.5. The number of nitrogens with one attached hydrogen (secondary N) is 2. The molecule has 1 atom stereocenters. The van der Waals surface area contributed by atoms with E-state index in [0.29, 0.717) is 11.8 Å². The summed E-state index contributed by atoms with van der Waals surface area (Å²) >= 11 is 0. The molecule has 24 heavy (non-hydrogen) atoms. The zero-order valence-electron chi connectivity index (χ0n) is 14.2. The minimum atomic E-state index is -0.242. The molecule has 2 aliphatic carbocycles. The highest BCUT2D eigenvalue weighted by Gasteiger charge is 2.51. The van der Waals surface area contributed by atoms with E-state index in [0.717, 1.165) is 58.2 Å². The van der Waals surface area contributed by atoms with Crippen LogP contribution in [0.1, 0.15) is 38.5 Å². The molecule has 1 unspecified atom stereocenters. The van der Waals surface area contributed by atoms with Gasteiger partial charge in [0.25, 0.3) is 0 Å². The molecular weight excluding hydrogens is 304 g/mol. The average molecular weight is 332 g/mol. The molecular formula is C18H28N4O2. The van der Waals surface area contributed by atoms with Crippen molar-refractivity contribution in [2.75, 3.05) is 13.1 Å². The quantitative estimate of drug-likeness (QED) is 0.724. The molecule has 0 radical (unpaired) electrons. The molecule has 2 saturated carbocycles. The number of rotatable bonds is 6. The molecule has 4 rings (SSSR count). The van der Waals surface area contributed by atoms with E-state index in [1.54, 1.807) is 12.5 Å². The fraction of sp³-hybridized carbons (Fsp3) is 0.778. The maximum atomic E-state index is 13.0. The maximum absolute atomic E-state index is 13.0. The van der Waals surface area contributed by atoms with Crippen LogP contribution < -0.4 is 10.6 Å². The molecule has 1 aliphatic heterocycles. The Morgan fingerprint density at radius 2 is 2.08 bits per heavy atom. The van der Waals surface area contributed by atoms with Crippen molar-refractivity contribution in [3.05, 3.63) is 18.7 Å². The van der Waals surface area contributed by atoms with E-state index >= 15 is 0 Å². The molecule has 3 N–H and O–H groups in total. The lowest BCUT2D eigenvalue weighted by molar-refractivity contribution is -0.129. The zero-order valence-corrected chi connectivity index (χ0v) is 14.2. The van der Waals surface area contributed by atoms with Crippen LogP contribution in [0.5, 0.6) is 0 Å². The van der Waals surface area contributed by atoms with E-state index in [-0.39, 0.29) is 23.5 Å². The summed E-state index contributed by atoms with van der Waals surface area (Å²) in [7, 11) is 0. The minimum Gasteiger partial charge on any atom is -0.393 e. The number of amides is 1. The van der Waals surface area contributed by atoms with Gasteiger partial charge in [-0.1, -0.05) is 0 Å². The summed E-state index contributed by atoms with van der Waals surface area (Å²) in [5.74, 6) is 1.19. The van der Waals surface area contributed by atoms with Crippen molar-refractivity contribution >= 4 is 5.91 Å². The Balaban J connectivity index is 1.42. The Labute approximate surface area is 143 Å². The normalized spacial score (nSPS) is 30.4. The second-order valence-electron chi connectivity index (χ2n) is 7.99. The van der Waals surface area contributed by atoms with Gasteiger partial charge in [0.1, 0.15) is 0 Å². The van der Waals surface area contributed by atoms with Gasteiger partial charge in [-0.2, -0.15) is 0 Å². The third kappa shape index (κ3) is 3.22. The van der Waals surface area contributed by atoms with Gasteiger partial charge >= 0.3 is 0 Å². The van der Waals surface area contributed by atoms with Gasteiger partial charge in [0, 0.05) is 25.0 Å². The number of hydrogen-bond donors (Lipinski definition) is 3. The highest BCUT2D eigenvalue weighted by Crippen LogP contribution is 2.48. The van der Waals surface area contributed by atoms with E-state index < -0.39 is 0 Å². The van der Waals surface area contributed by atoms with E-state index in [4.69, 9.17) is 0 Å². The van der Waals surface area contributed by atoms with Crippen LogP contribution in [0, 0.1) is 17.3 Å². The third-order valence-corrected chi connectivity index (χ3v) is 6.23. The first-order valence-corrected chi connectivity index (χ1v) is 9.32. The first-order chi connectivity index (χ1) is 11.7. The smallest absolute Gasteiger partial charge is 0.228 e. The van der Waals surface area contributed by atoms with Crippen LogP contribution in [-0.2, 0) is 11.3 Å². The number of carbonyl (C=O) groups excluding carboxylic acids is 1. The van der Waals surface area contributed by atoms with Gasteiger partial charge in [0.15, 0.2) is 0 Å². The van der Waals surface area contributed by atoms with Crippen molar-refractivity contribution in [2.24, 2.45) is 17.3 Å². The van der Waals surface area contributed by atoms with Crippen LogP contribution in [0.4, 0.5) is 0 Å². The molecule has 6 heteroatoms. The Morgan fingerprint density at radius 3 is 2.67 bits per heavy atom. The minimum absolute atomic E-state index is 0.169. The summed E-state index contributed by atoms with van der Waals surface area (Å²) in [6.45, 7) is 2.80. The summed E-state index contributed by atoms with van der Waals surface area (Å²) in [6.07, 6.45) is 11.1. The van der Waals surface area contributed by atoms with E-state index in [1.807, 2.05) is 10.8 Å². The highest BCUT2D eigenvalue weighted by molar-refractivity contribution is 5.85. The van der Waals surface area contributed by atoms with Gasteiger partial charge < -0.3 is 20.3 Å². The molecule has 132 valence electrons. The van der Waals surface area contributed by atoms with Crippen molar-refractivity contribution in [2.45, 2.75) is 57.2 Å². The number of aliphatic hydroxyl groups excluding tert-OH is 1. The predicted octanol–water partition coefficient (Wildman–Crippen LogP) is 0.919. The molecule has 3 aliphatic rings. The summed E-state index contributed by atoms with van der Waals surface area (Å²) < 4.78 is 2.01. The van der Waals surface area contributed by atoms with Crippen LogP contribution in [0.25, 0.3) is 0 Å². The van der Waals surface area contributed by atoms with Crippen LogP contribution in [0.15, 0.2) is 18.7 Å². The van der Waals surface area contributed by atoms with Gasteiger partial charge in [-0.15, -0.1) is 0 Å². The van der Waals surface area contributed by atoms with Crippen LogP contribution in [-0.4, -0.2) is 45.8 Å². The summed E-state index contributed by atoms with van der Waals surface area (Å²) in [5.41, 5.74) is -0.242. The molecule has 1 aromatic rings. The summed E-state index contributed by atoms with van der Waals surface area (Å²) in [4.78, 5) is 17.1. The molecule has 2 heterocycles. The highest BCUT2D eigenvalue weighted by atomic mass is 16.3. The number of imidazole rings is 1. The van der Waals surface area contributed by atoms with Crippen LogP contribution in [0.3, 0.4) is 0 Å². The number of aromatic nitrogens is 2. The molecule has 0 bridgehead atoms. The monoisotopic (exact) mass is 332 g/mol. The lowest BCUT2D eigenvalue weighted by atomic mass is 9.71. The topological polar surface area (TPSA) is 79.2 Å². The van der Waals surface area contributed by atoms with E-state index in [2.05, 4.69) is 15.6 Å². The Kier molecular flexibility index (Phi) is 4.35. The van der Waals surface area contributed by atoms with Gasteiger partial charge in [-0.3, -0.25) is 4.79 Å². The second kappa shape index (κ2) is 6.48. The third-order valence-electron chi connectivity index (χ3n) is 6.23. The number of nitrogens with zero attached hydrogens (tertiary/aromatic N) is 2. The second-order valence-corrected chi connectivity index (χ2v) is 7.99. The van der Waals surface area contributed by atoms with Gasteiger partial charge in [-0.05, 0) is 63.5 Å². The van der Waals surface area contributed by atoms with Crippen molar-refractivity contribution < 1.29 is 9.90 Å². The Hall–Kier alpha value is -1.40. The zero-order chi connectivity index (χ0) is 16.6. The maximum Gasteiger partial charge on any atom is 0.228 e. The van der Waals surface area contributed by atoms with Gasteiger partial charge in [0.2, 0.25) is 5.91 Å². The largest absolute Gasteiger partial charge is 0.393 e. The number of piperidine rings is 1. The molecule has 3 fully saturated rings. The SMILES string of the molecule is O=C(NC(C1CCNCC1)C1CC(O)C1)C1(Cn2ccnc2)CC1. The molecule has 1 aromatic heterocycles. The van der Waals surface area contributed by atoms with Crippen molar-refractivity contribution in [1.29, 1.82) is 0 Å². The van der Waals surface area contributed by atoms with Crippen molar-refractivity contribution in [3.8, 4) is 0 Å². The fourth-order valence-corrected chi connectivity index (χ4v) is 4.39. The van der Waals surface area contributed by atoms with Crippen molar-refractivity contribution in [1.82, 2.24) is 20.2 Å². The lowest BCUT2D eigenvalue weighted by Crippen LogP contribution is -2.54. The molecule has 6 nitrogen and oxygen atoms in total. The number of carbonyl (C=O) groups is 1. The van der Waals surface area contributed by atoms with Crippen molar-refractivity contribution in [3.63, 3.8) is 0 Å².